The van der Waals surface area contributed by atoms with Gasteiger partial charge < -0.3 is 5.32 Å². The van der Waals surface area contributed by atoms with E-state index in [9.17, 15) is 4.39 Å². The van der Waals surface area contributed by atoms with E-state index in [4.69, 9.17) is 5.26 Å². The summed E-state index contributed by atoms with van der Waals surface area (Å²) in [6.45, 7) is 1.23. The van der Waals surface area contributed by atoms with E-state index in [2.05, 4.69) is 15.5 Å². The van der Waals surface area contributed by atoms with Crippen molar-refractivity contribution < 1.29 is 4.39 Å². The summed E-state index contributed by atoms with van der Waals surface area (Å²) >= 11 is 0. The van der Waals surface area contributed by atoms with Crippen molar-refractivity contribution in [2.75, 3.05) is 0 Å². The smallest absolute Gasteiger partial charge is 0.140 e. The van der Waals surface area contributed by atoms with Crippen LogP contribution in [-0.4, -0.2) is 10.2 Å². The number of nitrogens with one attached hydrogen (secondary N) is 2. The molecule has 4 nitrogen and oxygen atoms in total. The highest BCUT2D eigenvalue weighted by atomic mass is 19.1. The zero-order valence-electron chi connectivity index (χ0n) is 9.07. The van der Waals surface area contributed by atoms with Crippen LogP contribution in [0.4, 0.5) is 4.39 Å². The second kappa shape index (κ2) is 5.23. The summed E-state index contributed by atoms with van der Waals surface area (Å²) in [6, 6.07) is 8.22. The number of aromatic nitrogens is 2. The highest BCUT2D eigenvalue weighted by Gasteiger charge is 2.02. The molecule has 0 unspecified atom stereocenters. The van der Waals surface area contributed by atoms with Crippen molar-refractivity contribution in [3.05, 3.63) is 53.1 Å². The van der Waals surface area contributed by atoms with Crippen LogP contribution in [0.3, 0.4) is 0 Å². The Kier molecular flexibility index (Phi) is 3.48. The first-order chi connectivity index (χ1) is 8.29. The Bertz CT molecular complexity index is 528. The van der Waals surface area contributed by atoms with E-state index < -0.39 is 5.82 Å². The molecule has 0 amide bonds. The van der Waals surface area contributed by atoms with Gasteiger partial charge >= 0.3 is 0 Å². The molecule has 0 saturated carbocycles. The summed E-state index contributed by atoms with van der Waals surface area (Å²) in [5.41, 5.74) is 1.93. The van der Waals surface area contributed by atoms with Crippen LogP contribution in [0.5, 0.6) is 0 Å². The van der Waals surface area contributed by atoms with E-state index in [0.29, 0.717) is 13.1 Å². The molecule has 0 aliphatic carbocycles. The van der Waals surface area contributed by atoms with Crippen molar-refractivity contribution in [3.8, 4) is 6.07 Å². The molecule has 5 heteroatoms. The number of aromatic amines is 1. The van der Waals surface area contributed by atoms with Crippen LogP contribution in [0.25, 0.3) is 0 Å². The molecule has 1 aromatic heterocycles. The number of halogens is 1. The summed E-state index contributed by atoms with van der Waals surface area (Å²) in [6.07, 6.45) is 1.68. The van der Waals surface area contributed by atoms with Gasteiger partial charge in [0, 0.05) is 25.0 Å². The fraction of sp³-hybridized carbons (Fsp3) is 0.167. The lowest BCUT2D eigenvalue weighted by molar-refractivity contribution is 0.620. The Balaban J connectivity index is 1.93. The second-order valence-corrected chi connectivity index (χ2v) is 3.61. The second-order valence-electron chi connectivity index (χ2n) is 3.61. The number of nitriles is 1. The first kappa shape index (κ1) is 11.3. The fourth-order valence-corrected chi connectivity index (χ4v) is 1.49. The number of rotatable bonds is 4. The van der Waals surface area contributed by atoms with Gasteiger partial charge in [-0.2, -0.15) is 10.4 Å². The van der Waals surface area contributed by atoms with E-state index >= 15 is 0 Å². The van der Waals surface area contributed by atoms with Crippen LogP contribution in [0.15, 0.2) is 30.5 Å². The number of H-pyrrole nitrogens is 1. The molecular weight excluding hydrogens is 219 g/mol. The molecule has 2 N–H and O–H groups in total. The first-order valence-electron chi connectivity index (χ1n) is 5.17. The van der Waals surface area contributed by atoms with E-state index in [1.54, 1.807) is 18.3 Å². The van der Waals surface area contributed by atoms with Gasteiger partial charge in [-0.25, -0.2) is 4.39 Å². The highest BCUT2D eigenvalue weighted by molar-refractivity contribution is 5.34. The van der Waals surface area contributed by atoms with Gasteiger partial charge in [-0.1, -0.05) is 6.07 Å². The summed E-state index contributed by atoms with van der Waals surface area (Å²) in [5.74, 6) is -0.482. The monoisotopic (exact) mass is 230 g/mol. The Hall–Kier alpha value is -2.19. The van der Waals surface area contributed by atoms with Gasteiger partial charge in [-0.05, 0) is 23.8 Å². The lowest BCUT2D eigenvalue weighted by Gasteiger charge is -2.04. The molecule has 17 heavy (non-hydrogen) atoms. The van der Waals surface area contributed by atoms with Crippen LogP contribution in [0.1, 0.15) is 16.8 Å². The number of hydrogen-bond donors (Lipinski definition) is 2. The molecule has 0 spiro atoms. The zero-order valence-corrected chi connectivity index (χ0v) is 9.07. The van der Waals surface area contributed by atoms with Crippen LogP contribution in [0, 0.1) is 17.1 Å². The summed E-state index contributed by atoms with van der Waals surface area (Å²) in [4.78, 5) is 0. The minimum atomic E-state index is -0.482. The maximum atomic E-state index is 13.1. The number of benzene rings is 1. The van der Waals surface area contributed by atoms with E-state index in [0.717, 1.165) is 11.3 Å². The molecule has 0 aliphatic rings. The van der Waals surface area contributed by atoms with Crippen molar-refractivity contribution in [1.82, 2.24) is 15.5 Å². The van der Waals surface area contributed by atoms with Crippen molar-refractivity contribution in [1.29, 1.82) is 5.26 Å². The minimum Gasteiger partial charge on any atom is -0.307 e. The van der Waals surface area contributed by atoms with E-state index in [-0.39, 0.29) is 5.56 Å². The van der Waals surface area contributed by atoms with Crippen LogP contribution in [0.2, 0.25) is 0 Å². The van der Waals surface area contributed by atoms with Crippen molar-refractivity contribution >= 4 is 0 Å². The molecule has 2 aromatic rings. The van der Waals surface area contributed by atoms with Gasteiger partial charge in [-0.15, -0.1) is 0 Å². The number of nitrogens with zero attached hydrogens (tertiary/aromatic N) is 2. The van der Waals surface area contributed by atoms with Gasteiger partial charge in [0.1, 0.15) is 11.9 Å². The Morgan fingerprint density at radius 2 is 2.24 bits per heavy atom. The molecule has 0 bridgehead atoms. The molecule has 86 valence electrons. The predicted molar refractivity (Wildman–Crippen MR) is 60.2 cm³/mol. The normalized spacial score (nSPS) is 10.1. The van der Waals surface area contributed by atoms with E-state index in [1.807, 2.05) is 12.1 Å². The van der Waals surface area contributed by atoms with Crippen molar-refractivity contribution in [2.24, 2.45) is 0 Å². The molecular formula is C12H11FN4. The summed E-state index contributed by atoms with van der Waals surface area (Å²) in [5, 5.41) is 18.5. The molecule has 2 rings (SSSR count). The topological polar surface area (TPSA) is 64.5 Å². The quantitative estimate of drug-likeness (QED) is 0.840. The average molecular weight is 230 g/mol. The Morgan fingerprint density at radius 1 is 1.35 bits per heavy atom. The average Bonchev–Trinajstić information content (AvgIpc) is 2.84. The third kappa shape index (κ3) is 2.89. The van der Waals surface area contributed by atoms with Crippen LogP contribution < -0.4 is 5.32 Å². The van der Waals surface area contributed by atoms with Gasteiger partial charge in [0.25, 0.3) is 0 Å². The molecule has 0 radical (unpaired) electrons. The van der Waals surface area contributed by atoms with Crippen molar-refractivity contribution in [2.45, 2.75) is 13.1 Å². The van der Waals surface area contributed by atoms with Crippen LogP contribution >= 0.6 is 0 Å². The molecule has 0 saturated heterocycles. The zero-order chi connectivity index (χ0) is 12.1. The maximum absolute atomic E-state index is 13.1. The summed E-state index contributed by atoms with van der Waals surface area (Å²) < 4.78 is 13.1. The molecule has 0 fully saturated rings. The standard InChI is InChI=1S/C12H11FN4/c13-12-2-1-9(5-10(12)6-14)7-15-8-11-3-4-16-17-11/h1-5,15H,7-8H2,(H,16,17). The highest BCUT2D eigenvalue weighted by Crippen LogP contribution is 2.09. The van der Waals surface area contributed by atoms with Crippen molar-refractivity contribution in [3.63, 3.8) is 0 Å². The third-order valence-electron chi connectivity index (χ3n) is 2.35. The van der Waals surface area contributed by atoms with Gasteiger partial charge in [0.2, 0.25) is 0 Å². The lowest BCUT2D eigenvalue weighted by Crippen LogP contribution is -2.13. The largest absolute Gasteiger partial charge is 0.307 e. The molecule has 1 heterocycles. The SMILES string of the molecule is N#Cc1cc(CNCc2ccn[nH]2)ccc1F. The Labute approximate surface area is 98.1 Å². The van der Waals surface area contributed by atoms with Gasteiger partial charge in [0.15, 0.2) is 0 Å². The van der Waals surface area contributed by atoms with Gasteiger partial charge in [-0.3, -0.25) is 5.10 Å². The van der Waals surface area contributed by atoms with Gasteiger partial charge in [0.05, 0.1) is 5.56 Å². The predicted octanol–water partition coefficient (Wildman–Crippen LogP) is 1.71. The fourth-order valence-electron chi connectivity index (χ4n) is 1.49. The third-order valence-corrected chi connectivity index (χ3v) is 2.35. The summed E-state index contributed by atoms with van der Waals surface area (Å²) in [7, 11) is 0. The maximum Gasteiger partial charge on any atom is 0.140 e. The van der Waals surface area contributed by atoms with E-state index in [1.165, 1.54) is 6.07 Å². The first-order valence-corrected chi connectivity index (χ1v) is 5.17. The molecule has 0 atom stereocenters. The Morgan fingerprint density at radius 3 is 2.94 bits per heavy atom. The molecule has 1 aromatic carbocycles. The molecule has 0 aliphatic heterocycles. The van der Waals surface area contributed by atoms with Crippen LogP contribution in [-0.2, 0) is 13.1 Å². The minimum absolute atomic E-state index is 0.0749. The lowest BCUT2D eigenvalue weighted by atomic mass is 10.1. The number of hydrogen-bond acceptors (Lipinski definition) is 3.